The lowest BCUT2D eigenvalue weighted by Crippen LogP contribution is -2.28. The zero-order chi connectivity index (χ0) is 47.0. The predicted molar refractivity (Wildman–Crippen MR) is 293 cm³/mol. The van der Waals surface area contributed by atoms with Gasteiger partial charge in [0, 0.05) is 55.4 Å². The number of benzene rings is 11. The van der Waals surface area contributed by atoms with E-state index in [9.17, 15) is 0 Å². The van der Waals surface area contributed by atoms with Crippen molar-refractivity contribution in [2.24, 2.45) is 0 Å². The minimum absolute atomic E-state index is 0.158. The van der Waals surface area contributed by atoms with Crippen LogP contribution in [-0.2, 0) is 10.8 Å². The van der Waals surface area contributed by atoms with Gasteiger partial charge in [0.05, 0.1) is 11.1 Å². The van der Waals surface area contributed by atoms with Gasteiger partial charge in [-0.3, -0.25) is 0 Å². The molecule has 3 nitrogen and oxygen atoms in total. The first kappa shape index (κ1) is 40.0. The van der Waals surface area contributed by atoms with Crippen molar-refractivity contribution in [2.75, 3.05) is 4.90 Å². The molecule has 2 heterocycles. The molecule has 0 saturated heterocycles. The zero-order valence-corrected chi connectivity index (χ0v) is 39.3. The van der Waals surface area contributed by atoms with Crippen molar-refractivity contribution in [1.82, 2.24) is 0 Å². The third-order valence-corrected chi connectivity index (χ3v) is 15.9. The molecule has 11 aromatic carbocycles. The summed E-state index contributed by atoms with van der Waals surface area (Å²) in [5.74, 6) is 0. The minimum atomic E-state index is -0.556. The van der Waals surface area contributed by atoms with Crippen molar-refractivity contribution in [1.29, 1.82) is 0 Å². The molecule has 0 aliphatic heterocycles. The van der Waals surface area contributed by atoms with E-state index in [1.165, 1.54) is 66.4 Å². The number of fused-ring (bicyclic) bond motifs is 13. The maximum atomic E-state index is 7.40. The fourth-order valence-corrected chi connectivity index (χ4v) is 12.8. The van der Waals surface area contributed by atoms with E-state index in [0.29, 0.717) is 0 Å². The molecule has 2 aliphatic rings. The van der Waals surface area contributed by atoms with Crippen LogP contribution in [-0.4, -0.2) is 0 Å². The summed E-state index contributed by atoms with van der Waals surface area (Å²) in [4.78, 5) is 2.42. The Morgan fingerprint density at radius 1 is 0.366 bits per heavy atom. The second-order valence-electron chi connectivity index (χ2n) is 19.9. The number of furan rings is 2. The van der Waals surface area contributed by atoms with Crippen molar-refractivity contribution in [3.8, 4) is 33.4 Å². The number of para-hydroxylation sites is 1. The summed E-state index contributed by atoms with van der Waals surface area (Å²) in [7, 11) is 0. The lowest BCUT2D eigenvalue weighted by Gasteiger charge is -2.34. The Balaban J connectivity index is 0.984. The van der Waals surface area contributed by atoms with E-state index in [1.807, 2.05) is 0 Å². The molecular formula is C68H45NO2. The van der Waals surface area contributed by atoms with Crippen LogP contribution in [0.2, 0.25) is 0 Å². The van der Waals surface area contributed by atoms with E-state index in [0.717, 1.165) is 72.1 Å². The topological polar surface area (TPSA) is 29.5 Å². The maximum absolute atomic E-state index is 7.40. The first-order valence-electron chi connectivity index (χ1n) is 24.7. The SMILES string of the molecule is CC1(C)c2ccccc2-c2ccc(N(c3ccc4c(c3)oc3c(-c5ccc6c(c5)C(c5ccccc5)(c5ccccc5)c5ccccc5-6)c5c(cc34)oc3ccccc35)c3cccc4ccccc34)cc21. The van der Waals surface area contributed by atoms with Gasteiger partial charge in [0.25, 0.3) is 0 Å². The van der Waals surface area contributed by atoms with Crippen LogP contribution in [0.5, 0.6) is 0 Å². The van der Waals surface area contributed by atoms with Crippen molar-refractivity contribution in [3.63, 3.8) is 0 Å². The molecule has 0 unspecified atom stereocenters. The number of anilines is 3. The highest BCUT2D eigenvalue weighted by Gasteiger charge is 2.46. The second kappa shape index (κ2) is 14.8. The van der Waals surface area contributed by atoms with E-state index in [-0.39, 0.29) is 5.41 Å². The van der Waals surface area contributed by atoms with Crippen molar-refractivity contribution >= 4 is 71.7 Å². The molecule has 0 atom stereocenters. The van der Waals surface area contributed by atoms with E-state index in [2.05, 4.69) is 255 Å². The van der Waals surface area contributed by atoms with Crippen LogP contribution in [0.15, 0.2) is 245 Å². The number of rotatable bonds is 6. The molecule has 0 radical (unpaired) electrons. The molecular weight excluding hydrogens is 863 g/mol. The summed E-state index contributed by atoms with van der Waals surface area (Å²) in [5, 5.41) is 6.53. The molecule has 15 rings (SSSR count). The van der Waals surface area contributed by atoms with Gasteiger partial charge in [0.1, 0.15) is 22.3 Å². The molecule has 0 saturated carbocycles. The monoisotopic (exact) mass is 907 g/mol. The fraction of sp³-hybridized carbons (Fsp3) is 0.0588. The highest BCUT2D eigenvalue weighted by molar-refractivity contribution is 6.24. The molecule has 334 valence electrons. The molecule has 0 bridgehead atoms. The van der Waals surface area contributed by atoms with Crippen molar-refractivity contribution in [2.45, 2.75) is 24.7 Å². The van der Waals surface area contributed by atoms with Crippen LogP contribution in [0.3, 0.4) is 0 Å². The first-order chi connectivity index (χ1) is 35.0. The van der Waals surface area contributed by atoms with E-state index >= 15 is 0 Å². The quantitative estimate of drug-likeness (QED) is 0.166. The molecule has 0 amide bonds. The van der Waals surface area contributed by atoms with Gasteiger partial charge < -0.3 is 13.7 Å². The van der Waals surface area contributed by atoms with E-state index in [1.54, 1.807) is 0 Å². The Hall–Kier alpha value is -8.92. The molecule has 2 aromatic heterocycles. The van der Waals surface area contributed by atoms with Gasteiger partial charge in [-0.2, -0.15) is 0 Å². The number of hydrogen-bond donors (Lipinski definition) is 0. The minimum Gasteiger partial charge on any atom is -0.456 e. The van der Waals surface area contributed by atoms with Crippen molar-refractivity contribution in [3.05, 3.63) is 270 Å². The summed E-state index contributed by atoms with van der Waals surface area (Å²) in [6, 6.07) is 86.6. The van der Waals surface area contributed by atoms with Gasteiger partial charge in [0.2, 0.25) is 0 Å². The van der Waals surface area contributed by atoms with Gasteiger partial charge in [-0.15, -0.1) is 0 Å². The molecule has 2 aliphatic carbocycles. The zero-order valence-electron chi connectivity index (χ0n) is 39.3. The summed E-state index contributed by atoms with van der Waals surface area (Å²) in [5.41, 5.74) is 20.7. The summed E-state index contributed by atoms with van der Waals surface area (Å²) >= 11 is 0. The van der Waals surface area contributed by atoms with Crippen molar-refractivity contribution < 1.29 is 8.83 Å². The van der Waals surface area contributed by atoms with Crippen LogP contribution < -0.4 is 4.90 Å². The van der Waals surface area contributed by atoms with E-state index in [4.69, 9.17) is 8.83 Å². The summed E-state index contributed by atoms with van der Waals surface area (Å²) in [6.07, 6.45) is 0. The highest BCUT2D eigenvalue weighted by Crippen LogP contribution is 2.58. The Morgan fingerprint density at radius 2 is 0.972 bits per heavy atom. The Kier molecular flexibility index (Phi) is 8.34. The summed E-state index contributed by atoms with van der Waals surface area (Å²) in [6.45, 7) is 4.70. The summed E-state index contributed by atoms with van der Waals surface area (Å²) < 4.78 is 14.2. The Bertz CT molecular complexity index is 4280. The van der Waals surface area contributed by atoms with Gasteiger partial charge in [-0.05, 0) is 115 Å². The maximum Gasteiger partial charge on any atom is 0.144 e. The van der Waals surface area contributed by atoms with Gasteiger partial charge in [0.15, 0.2) is 0 Å². The highest BCUT2D eigenvalue weighted by atomic mass is 16.3. The van der Waals surface area contributed by atoms with Crippen LogP contribution in [0, 0.1) is 0 Å². The van der Waals surface area contributed by atoms with Crippen LogP contribution >= 0.6 is 0 Å². The van der Waals surface area contributed by atoms with Gasteiger partial charge in [-0.1, -0.05) is 196 Å². The average Bonchev–Trinajstić information content (AvgIpc) is 4.13. The smallest absolute Gasteiger partial charge is 0.144 e. The molecule has 0 spiro atoms. The second-order valence-corrected chi connectivity index (χ2v) is 19.9. The lowest BCUT2D eigenvalue weighted by atomic mass is 9.67. The van der Waals surface area contributed by atoms with Gasteiger partial charge >= 0.3 is 0 Å². The third-order valence-electron chi connectivity index (χ3n) is 15.9. The van der Waals surface area contributed by atoms with Crippen LogP contribution in [0.1, 0.15) is 47.2 Å². The molecule has 0 fully saturated rings. The molecule has 71 heavy (non-hydrogen) atoms. The molecule has 3 heteroatoms. The predicted octanol–water partition coefficient (Wildman–Crippen LogP) is 18.4. The fourth-order valence-electron chi connectivity index (χ4n) is 12.8. The van der Waals surface area contributed by atoms with Crippen LogP contribution in [0.25, 0.3) is 88.0 Å². The standard InChI is InChI=1S/C68H45NO2/c1-67(2)56-28-14-11-25-49(56)51-36-33-46(39-58(51)67)69(60-30-17-19-42-18-9-10-24-48(42)60)47-34-37-53-55-41-63-65(54-27-13-16-31-61(54)70-63)64(66(55)71-62(53)40-47)43-32-35-52-50-26-12-15-29-57(50)68(59(52)38-43,44-20-5-3-6-21-44)45-22-7-4-8-23-45/h3-41H,1-2H3. The Morgan fingerprint density at radius 3 is 1.77 bits per heavy atom. The van der Waals surface area contributed by atoms with Gasteiger partial charge in [-0.25, -0.2) is 0 Å². The first-order valence-corrected chi connectivity index (χ1v) is 24.7. The largest absolute Gasteiger partial charge is 0.456 e. The average molecular weight is 908 g/mol. The lowest BCUT2D eigenvalue weighted by molar-refractivity contribution is 0.660. The number of nitrogens with zero attached hydrogens (tertiary/aromatic N) is 1. The third kappa shape index (κ3) is 5.55. The molecule has 13 aromatic rings. The normalized spacial score (nSPS) is 14.0. The van der Waals surface area contributed by atoms with E-state index < -0.39 is 5.41 Å². The number of hydrogen-bond acceptors (Lipinski definition) is 3. The Labute approximate surface area is 411 Å². The van der Waals surface area contributed by atoms with Crippen LogP contribution in [0.4, 0.5) is 17.1 Å². The molecule has 0 N–H and O–H groups in total.